The molecule has 1 aromatic carbocycles. The van der Waals surface area contributed by atoms with Gasteiger partial charge < -0.3 is 9.67 Å². The summed E-state index contributed by atoms with van der Waals surface area (Å²) in [7, 11) is 0. The maximum Gasteiger partial charge on any atom is 0.140 e. The molecular weight excluding hydrogens is 231 g/mol. The minimum Gasteiger partial charge on any atom is -0.389 e. The normalized spacial score (nSPS) is 12.1. The zero-order valence-electron chi connectivity index (χ0n) is 9.97. The van der Waals surface area contributed by atoms with E-state index in [0.29, 0.717) is 6.54 Å². The molecule has 0 fully saturated rings. The first-order chi connectivity index (χ1) is 8.60. The molecule has 0 amide bonds. The van der Waals surface area contributed by atoms with E-state index < -0.39 is 11.9 Å². The van der Waals surface area contributed by atoms with Gasteiger partial charge in [-0.2, -0.15) is 5.26 Å². The highest BCUT2D eigenvalue weighted by atomic mass is 19.1. The van der Waals surface area contributed by atoms with Crippen molar-refractivity contribution in [1.82, 2.24) is 4.57 Å². The van der Waals surface area contributed by atoms with Gasteiger partial charge in [0.05, 0.1) is 11.7 Å². The molecule has 18 heavy (non-hydrogen) atoms. The second kappa shape index (κ2) is 5.03. The molecule has 0 bridgehead atoms. The minimum atomic E-state index is -0.505. The number of hydrogen-bond acceptors (Lipinski definition) is 2. The van der Waals surface area contributed by atoms with Crippen LogP contribution < -0.4 is 0 Å². The SMILES string of the molecule is CC(O)c1ccn(Cc2ccc(F)c(C#N)c2)c1. The summed E-state index contributed by atoms with van der Waals surface area (Å²) in [6.45, 7) is 2.24. The Kier molecular flexibility index (Phi) is 3.45. The van der Waals surface area contributed by atoms with Crippen molar-refractivity contribution < 1.29 is 9.50 Å². The summed E-state index contributed by atoms with van der Waals surface area (Å²) in [5.41, 5.74) is 1.73. The van der Waals surface area contributed by atoms with Crippen LogP contribution in [0.15, 0.2) is 36.7 Å². The zero-order chi connectivity index (χ0) is 13.1. The van der Waals surface area contributed by atoms with Crippen LogP contribution in [0.4, 0.5) is 4.39 Å². The molecule has 1 unspecified atom stereocenters. The third-order valence-corrected chi connectivity index (χ3v) is 2.77. The maximum absolute atomic E-state index is 13.2. The molecule has 2 rings (SSSR count). The highest BCUT2D eigenvalue weighted by Gasteiger charge is 2.05. The predicted molar refractivity (Wildman–Crippen MR) is 65.3 cm³/mol. The van der Waals surface area contributed by atoms with Crippen LogP contribution in [-0.2, 0) is 6.54 Å². The van der Waals surface area contributed by atoms with Gasteiger partial charge >= 0.3 is 0 Å². The van der Waals surface area contributed by atoms with Crippen molar-refractivity contribution in [3.8, 4) is 6.07 Å². The number of aliphatic hydroxyl groups excluding tert-OH is 1. The Labute approximate surface area is 105 Å². The van der Waals surface area contributed by atoms with Crippen LogP contribution in [0.5, 0.6) is 0 Å². The lowest BCUT2D eigenvalue weighted by molar-refractivity contribution is 0.199. The predicted octanol–water partition coefficient (Wildman–Crippen LogP) is 2.60. The highest BCUT2D eigenvalue weighted by molar-refractivity contribution is 5.34. The Morgan fingerprint density at radius 1 is 1.44 bits per heavy atom. The van der Waals surface area contributed by atoms with E-state index in [1.54, 1.807) is 13.0 Å². The number of benzene rings is 1. The van der Waals surface area contributed by atoms with E-state index in [1.807, 2.05) is 29.1 Å². The Balaban J connectivity index is 2.21. The molecule has 2 aromatic rings. The molecule has 4 heteroatoms. The lowest BCUT2D eigenvalue weighted by Crippen LogP contribution is -1.98. The molecule has 1 aromatic heterocycles. The van der Waals surface area contributed by atoms with E-state index in [0.717, 1.165) is 11.1 Å². The third kappa shape index (κ3) is 2.58. The van der Waals surface area contributed by atoms with Crippen molar-refractivity contribution in [3.63, 3.8) is 0 Å². The smallest absolute Gasteiger partial charge is 0.140 e. The van der Waals surface area contributed by atoms with E-state index in [1.165, 1.54) is 12.1 Å². The van der Waals surface area contributed by atoms with E-state index in [-0.39, 0.29) is 5.56 Å². The molecule has 0 aliphatic heterocycles. The van der Waals surface area contributed by atoms with Gasteiger partial charge in [0, 0.05) is 18.9 Å². The van der Waals surface area contributed by atoms with Gasteiger partial charge in [-0.25, -0.2) is 4.39 Å². The Morgan fingerprint density at radius 2 is 2.22 bits per heavy atom. The van der Waals surface area contributed by atoms with Crippen LogP contribution in [0.2, 0.25) is 0 Å². The highest BCUT2D eigenvalue weighted by Crippen LogP contribution is 2.15. The van der Waals surface area contributed by atoms with Gasteiger partial charge in [0.15, 0.2) is 0 Å². The summed E-state index contributed by atoms with van der Waals surface area (Å²) in [5.74, 6) is -0.501. The standard InChI is InChI=1S/C14H13FN2O/c1-10(18)12-4-5-17(9-12)8-11-2-3-14(15)13(6-11)7-16/h2-6,9-10,18H,8H2,1H3. The molecule has 1 N–H and O–H groups in total. The number of hydrogen-bond donors (Lipinski definition) is 1. The molecule has 0 saturated carbocycles. The maximum atomic E-state index is 13.2. The van der Waals surface area contributed by atoms with Gasteiger partial charge in [-0.3, -0.25) is 0 Å². The first-order valence-corrected chi connectivity index (χ1v) is 5.62. The molecular formula is C14H13FN2O. The second-order valence-electron chi connectivity index (χ2n) is 4.22. The van der Waals surface area contributed by atoms with Gasteiger partial charge in [0.2, 0.25) is 0 Å². The molecule has 0 saturated heterocycles. The number of aromatic nitrogens is 1. The Morgan fingerprint density at radius 3 is 2.83 bits per heavy atom. The monoisotopic (exact) mass is 244 g/mol. The van der Waals surface area contributed by atoms with Crippen molar-refractivity contribution in [2.45, 2.75) is 19.6 Å². The molecule has 1 heterocycles. The van der Waals surface area contributed by atoms with Crippen LogP contribution >= 0.6 is 0 Å². The lowest BCUT2D eigenvalue weighted by atomic mass is 10.1. The van der Waals surface area contributed by atoms with Crippen molar-refractivity contribution in [2.24, 2.45) is 0 Å². The van der Waals surface area contributed by atoms with Crippen LogP contribution in [0.1, 0.15) is 29.7 Å². The molecule has 0 aliphatic rings. The van der Waals surface area contributed by atoms with Crippen LogP contribution in [0.25, 0.3) is 0 Å². The first kappa shape index (κ1) is 12.3. The van der Waals surface area contributed by atoms with Crippen molar-refractivity contribution in [1.29, 1.82) is 5.26 Å². The lowest BCUT2D eigenvalue weighted by Gasteiger charge is -2.04. The number of rotatable bonds is 3. The molecule has 3 nitrogen and oxygen atoms in total. The molecule has 0 radical (unpaired) electrons. The zero-order valence-corrected chi connectivity index (χ0v) is 9.97. The quantitative estimate of drug-likeness (QED) is 0.902. The van der Waals surface area contributed by atoms with E-state index in [9.17, 15) is 9.50 Å². The summed E-state index contributed by atoms with van der Waals surface area (Å²) < 4.78 is 15.0. The van der Waals surface area contributed by atoms with Crippen LogP contribution in [0, 0.1) is 17.1 Å². The fourth-order valence-corrected chi connectivity index (χ4v) is 1.77. The number of nitrogens with zero attached hydrogens (tertiary/aromatic N) is 2. The summed E-state index contributed by atoms with van der Waals surface area (Å²) in [6, 6.07) is 8.14. The van der Waals surface area contributed by atoms with Gasteiger partial charge in [-0.05, 0) is 36.2 Å². The van der Waals surface area contributed by atoms with Crippen molar-refractivity contribution >= 4 is 0 Å². The number of nitriles is 1. The van der Waals surface area contributed by atoms with E-state index in [4.69, 9.17) is 5.26 Å². The summed E-state index contributed by atoms with van der Waals surface area (Å²) in [5, 5.41) is 18.2. The summed E-state index contributed by atoms with van der Waals surface area (Å²) in [4.78, 5) is 0. The van der Waals surface area contributed by atoms with Crippen LogP contribution in [-0.4, -0.2) is 9.67 Å². The fourth-order valence-electron chi connectivity index (χ4n) is 1.77. The minimum absolute atomic E-state index is 0.0513. The van der Waals surface area contributed by atoms with Gasteiger partial charge in [0.25, 0.3) is 0 Å². The number of aliphatic hydroxyl groups is 1. The van der Waals surface area contributed by atoms with Crippen molar-refractivity contribution in [3.05, 3.63) is 59.2 Å². The average Bonchev–Trinajstić information content (AvgIpc) is 2.80. The van der Waals surface area contributed by atoms with Crippen LogP contribution in [0.3, 0.4) is 0 Å². The molecule has 0 aliphatic carbocycles. The van der Waals surface area contributed by atoms with Crippen molar-refractivity contribution in [2.75, 3.05) is 0 Å². The first-order valence-electron chi connectivity index (χ1n) is 5.62. The largest absolute Gasteiger partial charge is 0.389 e. The molecule has 1 atom stereocenters. The number of halogens is 1. The average molecular weight is 244 g/mol. The summed E-state index contributed by atoms with van der Waals surface area (Å²) >= 11 is 0. The van der Waals surface area contributed by atoms with E-state index >= 15 is 0 Å². The summed E-state index contributed by atoms with van der Waals surface area (Å²) in [6.07, 6.45) is 3.17. The third-order valence-electron chi connectivity index (χ3n) is 2.77. The van der Waals surface area contributed by atoms with E-state index in [2.05, 4.69) is 0 Å². The fraction of sp³-hybridized carbons (Fsp3) is 0.214. The topological polar surface area (TPSA) is 49.0 Å². The molecule has 0 spiro atoms. The second-order valence-corrected chi connectivity index (χ2v) is 4.22. The van der Waals surface area contributed by atoms with Gasteiger partial charge in [-0.15, -0.1) is 0 Å². The Bertz CT molecular complexity index is 596. The van der Waals surface area contributed by atoms with Gasteiger partial charge in [0.1, 0.15) is 11.9 Å². The Hall–Kier alpha value is -2.12. The molecule has 92 valence electrons. The van der Waals surface area contributed by atoms with Gasteiger partial charge in [-0.1, -0.05) is 6.07 Å².